The van der Waals surface area contributed by atoms with Crippen molar-refractivity contribution in [3.05, 3.63) is 78.3 Å². The Labute approximate surface area is 181 Å². The van der Waals surface area contributed by atoms with Crippen LogP contribution in [0.2, 0.25) is 0 Å². The van der Waals surface area contributed by atoms with Gasteiger partial charge in [-0.05, 0) is 55.0 Å². The number of nitrogens with one attached hydrogen (secondary N) is 3. The number of furan rings is 1. The van der Waals surface area contributed by atoms with Crippen LogP contribution in [0.5, 0.6) is 5.75 Å². The summed E-state index contributed by atoms with van der Waals surface area (Å²) >= 11 is 0. The number of ether oxygens (including phenoxy) is 1. The Bertz CT molecular complexity index is 969. The molecule has 0 aliphatic heterocycles. The van der Waals surface area contributed by atoms with E-state index in [4.69, 9.17) is 9.15 Å². The lowest BCUT2D eigenvalue weighted by Crippen LogP contribution is -2.23. The lowest BCUT2D eigenvalue weighted by atomic mass is 10.2. The van der Waals surface area contributed by atoms with Crippen molar-refractivity contribution in [2.45, 2.75) is 26.3 Å². The minimum atomic E-state index is -0.212. The Morgan fingerprint density at radius 1 is 1.00 bits per heavy atom. The molecule has 0 saturated carbocycles. The molecule has 1 aromatic heterocycles. The highest BCUT2D eigenvalue weighted by molar-refractivity contribution is 5.96. The normalized spacial score (nSPS) is 10.4. The summed E-state index contributed by atoms with van der Waals surface area (Å²) in [5.74, 6) is 1.00. The van der Waals surface area contributed by atoms with E-state index in [1.54, 1.807) is 42.7 Å². The van der Waals surface area contributed by atoms with E-state index >= 15 is 0 Å². The van der Waals surface area contributed by atoms with Crippen LogP contribution in [-0.2, 0) is 11.3 Å². The molecule has 0 aliphatic carbocycles. The van der Waals surface area contributed by atoms with Crippen LogP contribution < -0.4 is 20.7 Å². The number of anilines is 2. The Kier molecular flexibility index (Phi) is 8.11. The largest absolute Gasteiger partial charge is 0.491 e. The SMILES string of the molecule is CCCCOc1ccccc1NCC(=O)Nc1ccc(C(=O)NCc2ccco2)cc1. The highest BCUT2D eigenvalue weighted by Crippen LogP contribution is 2.23. The van der Waals surface area contributed by atoms with Crippen molar-refractivity contribution >= 4 is 23.2 Å². The molecule has 0 atom stereocenters. The van der Waals surface area contributed by atoms with Gasteiger partial charge in [-0.1, -0.05) is 25.5 Å². The molecular weight excluding hydrogens is 394 g/mol. The lowest BCUT2D eigenvalue weighted by molar-refractivity contribution is -0.114. The third-order valence-corrected chi connectivity index (χ3v) is 4.52. The van der Waals surface area contributed by atoms with Gasteiger partial charge in [0, 0.05) is 11.3 Å². The van der Waals surface area contributed by atoms with Crippen LogP contribution in [0.4, 0.5) is 11.4 Å². The molecule has 0 unspecified atom stereocenters. The maximum Gasteiger partial charge on any atom is 0.251 e. The van der Waals surface area contributed by atoms with Crippen LogP contribution in [0.3, 0.4) is 0 Å². The Hall–Kier alpha value is -3.74. The third-order valence-electron chi connectivity index (χ3n) is 4.52. The maximum absolute atomic E-state index is 12.3. The molecule has 0 spiro atoms. The van der Waals surface area contributed by atoms with Crippen molar-refractivity contribution < 1.29 is 18.7 Å². The summed E-state index contributed by atoms with van der Waals surface area (Å²) < 4.78 is 11.0. The van der Waals surface area contributed by atoms with E-state index in [-0.39, 0.29) is 18.4 Å². The van der Waals surface area contributed by atoms with Crippen molar-refractivity contribution in [1.82, 2.24) is 5.32 Å². The number of carbonyl (C=O) groups excluding carboxylic acids is 2. The Balaban J connectivity index is 1.47. The maximum atomic E-state index is 12.3. The van der Waals surface area contributed by atoms with Crippen LogP contribution >= 0.6 is 0 Å². The first-order valence-electron chi connectivity index (χ1n) is 10.3. The van der Waals surface area contributed by atoms with Gasteiger partial charge < -0.3 is 25.1 Å². The number of carbonyl (C=O) groups is 2. The van der Waals surface area contributed by atoms with Crippen LogP contribution in [0.25, 0.3) is 0 Å². The molecule has 7 nitrogen and oxygen atoms in total. The zero-order valence-electron chi connectivity index (χ0n) is 17.5. The first kappa shape index (κ1) is 22.0. The quantitative estimate of drug-likeness (QED) is 0.398. The van der Waals surface area contributed by atoms with Gasteiger partial charge in [0.25, 0.3) is 5.91 Å². The van der Waals surface area contributed by atoms with Crippen LogP contribution in [0.1, 0.15) is 35.9 Å². The van der Waals surface area contributed by atoms with Crippen molar-refractivity contribution in [1.29, 1.82) is 0 Å². The first-order chi connectivity index (χ1) is 15.2. The zero-order chi connectivity index (χ0) is 21.9. The van der Waals surface area contributed by atoms with E-state index in [2.05, 4.69) is 22.9 Å². The molecule has 7 heteroatoms. The molecule has 0 bridgehead atoms. The average molecular weight is 421 g/mol. The molecule has 0 radical (unpaired) electrons. The van der Waals surface area contributed by atoms with E-state index < -0.39 is 0 Å². The van der Waals surface area contributed by atoms with Gasteiger partial charge in [-0.25, -0.2) is 0 Å². The predicted octanol–water partition coefficient (Wildman–Crippen LogP) is 4.44. The molecule has 0 saturated heterocycles. The van der Waals surface area contributed by atoms with E-state index in [1.165, 1.54) is 0 Å². The van der Waals surface area contributed by atoms with E-state index in [1.807, 2.05) is 24.3 Å². The Morgan fingerprint density at radius 2 is 1.81 bits per heavy atom. The molecule has 3 aromatic rings. The summed E-state index contributed by atoms with van der Waals surface area (Å²) in [6.45, 7) is 3.17. The van der Waals surface area contributed by atoms with Crippen molar-refractivity contribution in [3.63, 3.8) is 0 Å². The summed E-state index contributed by atoms with van der Waals surface area (Å²) in [7, 11) is 0. The van der Waals surface area contributed by atoms with Crippen LogP contribution in [0, 0.1) is 0 Å². The molecule has 2 amide bonds. The number of unbranched alkanes of at least 4 members (excludes halogenated alkanes) is 1. The summed E-state index contributed by atoms with van der Waals surface area (Å²) in [4.78, 5) is 24.5. The van der Waals surface area contributed by atoms with Gasteiger partial charge >= 0.3 is 0 Å². The smallest absolute Gasteiger partial charge is 0.251 e. The second-order valence-electron chi connectivity index (χ2n) is 6.94. The number of benzene rings is 2. The highest BCUT2D eigenvalue weighted by atomic mass is 16.5. The van der Waals surface area contributed by atoms with Gasteiger partial charge in [-0.2, -0.15) is 0 Å². The number of amides is 2. The fourth-order valence-electron chi connectivity index (χ4n) is 2.83. The molecular formula is C24H27N3O4. The van der Waals surface area contributed by atoms with Gasteiger partial charge in [0.05, 0.1) is 31.6 Å². The van der Waals surface area contributed by atoms with Gasteiger partial charge in [0.2, 0.25) is 5.91 Å². The molecule has 2 aromatic carbocycles. The summed E-state index contributed by atoms with van der Waals surface area (Å²) in [6, 6.07) is 17.8. The van der Waals surface area contributed by atoms with E-state index in [9.17, 15) is 9.59 Å². The number of hydrogen-bond donors (Lipinski definition) is 3. The molecule has 31 heavy (non-hydrogen) atoms. The molecule has 3 N–H and O–H groups in total. The van der Waals surface area contributed by atoms with Crippen LogP contribution in [0.15, 0.2) is 71.3 Å². The second-order valence-corrected chi connectivity index (χ2v) is 6.94. The molecule has 0 aliphatic rings. The minimum absolute atomic E-state index is 0.0968. The van der Waals surface area contributed by atoms with E-state index in [0.29, 0.717) is 30.2 Å². The highest BCUT2D eigenvalue weighted by Gasteiger charge is 2.09. The number of rotatable bonds is 11. The second kappa shape index (κ2) is 11.4. The van der Waals surface area contributed by atoms with Gasteiger partial charge in [0.1, 0.15) is 11.5 Å². The van der Waals surface area contributed by atoms with Crippen molar-refractivity contribution in [2.24, 2.45) is 0 Å². The molecule has 1 heterocycles. The fourth-order valence-corrected chi connectivity index (χ4v) is 2.83. The Morgan fingerprint density at radius 3 is 2.55 bits per heavy atom. The first-order valence-corrected chi connectivity index (χ1v) is 10.3. The van der Waals surface area contributed by atoms with Gasteiger partial charge in [-0.3, -0.25) is 9.59 Å². The number of hydrogen-bond acceptors (Lipinski definition) is 5. The molecule has 162 valence electrons. The molecule has 3 rings (SSSR count). The topological polar surface area (TPSA) is 92.6 Å². The lowest BCUT2D eigenvalue weighted by Gasteiger charge is -2.13. The van der Waals surface area contributed by atoms with Crippen molar-refractivity contribution in [2.75, 3.05) is 23.8 Å². The monoisotopic (exact) mass is 421 g/mol. The number of para-hydroxylation sites is 2. The summed E-state index contributed by atoms with van der Waals surface area (Å²) in [5, 5.41) is 8.71. The van der Waals surface area contributed by atoms with Gasteiger partial charge in [-0.15, -0.1) is 0 Å². The summed E-state index contributed by atoms with van der Waals surface area (Å²) in [6.07, 6.45) is 3.60. The zero-order valence-corrected chi connectivity index (χ0v) is 17.5. The minimum Gasteiger partial charge on any atom is -0.491 e. The summed E-state index contributed by atoms with van der Waals surface area (Å²) in [5.41, 5.74) is 1.89. The standard InChI is InChI=1S/C24H27N3O4/c1-2-3-14-31-22-9-5-4-8-21(22)25-17-23(28)27-19-12-10-18(11-13-19)24(29)26-16-20-7-6-15-30-20/h4-13,15,25H,2-3,14,16-17H2,1H3,(H,26,29)(H,27,28). The van der Waals surface area contributed by atoms with Gasteiger partial charge in [0.15, 0.2) is 0 Å². The predicted molar refractivity (Wildman–Crippen MR) is 120 cm³/mol. The fraction of sp³-hybridized carbons (Fsp3) is 0.250. The van der Waals surface area contributed by atoms with Crippen molar-refractivity contribution in [3.8, 4) is 5.75 Å². The van der Waals surface area contributed by atoms with E-state index in [0.717, 1.165) is 24.3 Å². The third kappa shape index (κ3) is 6.92. The average Bonchev–Trinajstić information content (AvgIpc) is 3.31. The van der Waals surface area contributed by atoms with Crippen LogP contribution in [-0.4, -0.2) is 25.0 Å². The molecule has 0 fully saturated rings.